The van der Waals surface area contributed by atoms with E-state index < -0.39 is 0 Å². The first-order chi connectivity index (χ1) is 10.2. The van der Waals surface area contributed by atoms with E-state index in [0.29, 0.717) is 11.9 Å². The van der Waals surface area contributed by atoms with Gasteiger partial charge in [-0.25, -0.2) is 0 Å². The molecule has 5 heteroatoms. The standard InChI is InChI=1S/C16H26N4O/c1-12(2)21-16-11-17-10-15(19-16)20-8-4-3-5-14(20)9-18-13-6-7-13/h10-14,18H,3-9H2,1-2H3. The van der Waals surface area contributed by atoms with Crippen molar-refractivity contribution >= 4 is 5.82 Å². The van der Waals surface area contributed by atoms with Crippen molar-refractivity contribution in [1.82, 2.24) is 15.3 Å². The molecule has 1 saturated heterocycles. The topological polar surface area (TPSA) is 50.3 Å². The summed E-state index contributed by atoms with van der Waals surface area (Å²) in [4.78, 5) is 11.4. The minimum Gasteiger partial charge on any atom is -0.474 e. The van der Waals surface area contributed by atoms with Crippen LogP contribution >= 0.6 is 0 Å². The van der Waals surface area contributed by atoms with E-state index in [0.717, 1.165) is 24.9 Å². The Balaban J connectivity index is 1.69. The minimum atomic E-state index is 0.128. The van der Waals surface area contributed by atoms with Gasteiger partial charge in [0.15, 0.2) is 5.82 Å². The van der Waals surface area contributed by atoms with Crippen LogP contribution in [0.2, 0.25) is 0 Å². The van der Waals surface area contributed by atoms with Crippen molar-refractivity contribution in [3.63, 3.8) is 0 Å². The molecule has 5 nitrogen and oxygen atoms in total. The van der Waals surface area contributed by atoms with E-state index in [1.54, 1.807) is 6.20 Å². The highest BCUT2D eigenvalue weighted by atomic mass is 16.5. The molecule has 1 N–H and O–H groups in total. The molecule has 1 aromatic rings. The van der Waals surface area contributed by atoms with Gasteiger partial charge in [0.2, 0.25) is 5.88 Å². The molecule has 2 heterocycles. The number of rotatable bonds is 6. The molecule has 1 atom stereocenters. The van der Waals surface area contributed by atoms with Gasteiger partial charge in [-0.05, 0) is 46.0 Å². The number of piperidine rings is 1. The van der Waals surface area contributed by atoms with Crippen LogP contribution in [0.15, 0.2) is 12.4 Å². The number of nitrogens with zero attached hydrogens (tertiary/aromatic N) is 3. The molecule has 1 aromatic heterocycles. The Morgan fingerprint density at radius 3 is 2.90 bits per heavy atom. The van der Waals surface area contributed by atoms with Crippen molar-refractivity contribution in [2.45, 2.75) is 64.1 Å². The second-order valence-corrected chi connectivity index (χ2v) is 6.41. The maximum atomic E-state index is 5.67. The highest BCUT2D eigenvalue weighted by molar-refractivity contribution is 5.39. The molecule has 0 spiro atoms. The third kappa shape index (κ3) is 4.06. The van der Waals surface area contributed by atoms with E-state index in [-0.39, 0.29) is 6.10 Å². The van der Waals surface area contributed by atoms with Crippen molar-refractivity contribution in [2.24, 2.45) is 0 Å². The van der Waals surface area contributed by atoms with E-state index in [2.05, 4.69) is 20.2 Å². The van der Waals surface area contributed by atoms with Gasteiger partial charge in [0, 0.05) is 25.2 Å². The van der Waals surface area contributed by atoms with Crippen molar-refractivity contribution < 1.29 is 4.74 Å². The Labute approximate surface area is 127 Å². The van der Waals surface area contributed by atoms with Gasteiger partial charge in [-0.3, -0.25) is 4.98 Å². The van der Waals surface area contributed by atoms with E-state index in [4.69, 9.17) is 4.74 Å². The van der Waals surface area contributed by atoms with Gasteiger partial charge in [-0.2, -0.15) is 4.98 Å². The monoisotopic (exact) mass is 290 g/mol. The summed E-state index contributed by atoms with van der Waals surface area (Å²) < 4.78 is 5.67. The summed E-state index contributed by atoms with van der Waals surface area (Å²) in [6, 6.07) is 1.29. The first-order valence-corrected chi connectivity index (χ1v) is 8.21. The second-order valence-electron chi connectivity index (χ2n) is 6.41. The van der Waals surface area contributed by atoms with Crippen LogP contribution in [0.4, 0.5) is 5.82 Å². The zero-order valence-corrected chi connectivity index (χ0v) is 13.1. The first kappa shape index (κ1) is 14.6. The molecule has 2 aliphatic rings. The van der Waals surface area contributed by atoms with Crippen molar-refractivity contribution in [1.29, 1.82) is 0 Å². The first-order valence-electron chi connectivity index (χ1n) is 8.21. The molecule has 3 rings (SSSR count). The third-order valence-electron chi connectivity index (χ3n) is 4.10. The quantitative estimate of drug-likeness (QED) is 0.871. The van der Waals surface area contributed by atoms with E-state index in [9.17, 15) is 0 Å². The number of hydrogen-bond acceptors (Lipinski definition) is 5. The van der Waals surface area contributed by atoms with Crippen LogP contribution in [0.3, 0.4) is 0 Å². The summed E-state index contributed by atoms with van der Waals surface area (Å²) in [5.41, 5.74) is 0. The molecule has 1 saturated carbocycles. The zero-order valence-electron chi connectivity index (χ0n) is 13.1. The Morgan fingerprint density at radius 2 is 2.14 bits per heavy atom. The Bertz CT molecular complexity index is 461. The van der Waals surface area contributed by atoms with Crippen molar-refractivity contribution in [3.8, 4) is 5.88 Å². The van der Waals surface area contributed by atoms with Crippen LogP contribution in [-0.4, -0.2) is 41.2 Å². The summed E-state index contributed by atoms with van der Waals surface area (Å²) in [6.45, 7) is 6.15. The normalized spacial score (nSPS) is 22.6. The molecule has 1 unspecified atom stereocenters. The van der Waals surface area contributed by atoms with E-state index in [1.165, 1.54) is 32.1 Å². The smallest absolute Gasteiger partial charge is 0.234 e. The number of nitrogens with one attached hydrogen (secondary N) is 1. The van der Waals surface area contributed by atoms with Crippen LogP contribution in [0.1, 0.15) is 46.0 Å². The van der Waals surface area contributed by atoms with Crippen molar-refractivity contribution in [2.75, 3.05) is 18.0 Å². The lowest BCUT2D eigenvalue weighted by Crippen LogP contribution is -2.46. The lowest BCUT2D eigenvalue weighted by atomic mass is 10.0. The third-order valence-corrected chi connectivity index (χ3v) is 4.10. The summed E-state index contributed by atoms with van der Waals surface area (Å²) in [6.07, 6.45) is 10.1. The Hall–Kier alpha value is -1.36. The van der Waals surface area contributed by atoms with Gasteiger partial charge < -0.3 is 15.0 Å². The predicted octanol–water partition coefficient (Wildman–Crippen LogP) is 2.37. The van der Waals surface area contributed by atoms with Crippen LogP contribution in [0, 0.1) is 0 Å². The molecule has 0 amide bonds. The number of aromatic nitrogens is 2. The molecule has 21 heavy (non-hydrogen) atoms. The largest absolute Gasteiger partial charge is 0.474 e. The van der Waals surface area contributed by atoms with E-state index >= 15 is 0 Å². The van der Waals surface area contributed by atoms with Crippen molar-refractivity contribution in [3.05, 3.63) is 12.4 Å². The van der Waals surface area contributed by atoms with Gasteiger partial charge in [-0.15, -0.1) is 0 Å². The fourth-order valence-electron chi connectivity index (χ4n) is 2.88. The average molecular weight is 290 g/mol. The lowest BCUT2D eigenvalue weighted by molar-refractivity contribution is 0.231. The summed E-state index contributed by atoms with van der Waals surface area (Å²) >= 11 is 0. The highest BCUT2D eigenvalue weighted by Crippen LogP contribution is 2.25. The van der Waals surface area contributed by atoms with E-state index in [1.807, 2.05) is 20.0 Å². The van der Waals surface area contributed by atoms with Gasteiger partial charge in [0.25, 0.3) is 0 Å². The molecule has 0 aromatic carbocycles. The maximum absolute atomic E-state index is 5.67. The fourth-order valence-corrected chi connectivity index (χ4v) is 2.88. The molecular weight excluding hydrogens is 264 g/mol. The van der Waals surface area contributed by atoms with Gasteiger partial charge in [-0.1, -0.05) is 0 Å². The molecule has 2 fully saturated rings. The predicted molar refractivity (Wildman–Crippen MR) is 83.8 cm³/mol. The molecule has 0 radical (unpaired) electrons. The molecule has 0 bridgehead atoms. The Morgan fingerprint density at radius 1 is 1.29 bits per heavy atom. The summed E-state index contributed by atoms with van der Waals surface area (Å²) in [5, 5.41) is 3.65. The molecule has 116 valence electrons. The molecule has 1 aliphatic carbocycles. The molecule has 1 aliphatic heterocycles. The average Bonchev–Trinajstić information content (AvgIpc) is 3.29. The number of ether oxygens (including phenoxy) is 1. The van der Waals surface area contributed by atoms with Crippen LogP contribution in [0.25, 0.3) is 0 Å². The number of anilines is 1. The summed E-state index contributed by atoms with van der Waals surface area (Å²) in [7, 11) is 0. The second kappa shape index (κ2) is 6.60. The highest BCUT2D eigenvalue weighted by Gasteiger charge is 2.27. The van der Waals surface area contributed by atoms with Gasteiger partial charge in [0.05, 0.1) is 18.5 Å². The van der Waals surface area contributed by atoms with Gasteiger partial charge in [0.1, 0.15) is 0 Å². The minimum absolute atomic E-state index is 0.128. The maximum Gasteiger partial charge on any atom is 0.234 e. The fraction of sp³-hybridized carbons (Fsp3) is 0.750. The summed E-state index contributed by atoms with van der Waals surface area (Å²) in [5.74, 6) is 1.58. The van der Waals surface area contributed by atoms with Crippen LogP contribution in [-0.2, 0) is 0 Å². The van der Waals surface area contributed by atoms with Gasteiger partial charge >= 0.3 is 0 Å². The lowest BCUT2D eigenvalue weighted by Gasteiger charge is -2.36. The Kier molecular flexibility index (Phi) is 4.58. The SMILES string of the molecule is CC(C)Oc1cncc(N2CCCCC2CNC2CC2)n1. The number of hydrogen-bond donors (Lipinski definition) is 1. The zero-order chi connectivity index (χ0) is 14.7. The van der Waals surface area contributed by atoms with Crippen LogP contribution < -0.4 is 15.0 Å². The molecular formula is C16H26N4O. The van der Waals surface area contributed by atoms with Crippen LogP contribution in [0.5, 0.6) is 5.88 Å².